The summed E-state index contributed by atoms with van der Waals surface area (Å²) in [5.74, 6) is -0.400. The molecule has 6 aromatic rings. The summed E-state index contributed by atoms with van der Waals surface area (Å²) in [6.07, 6.45) is 0.731. The van der Waals surface area contributed by atoms with E-state index in [0.29, 0.717) is 45.7 Å². The number of hydrogen-bond donors (Lipinski definition) is 0. The van der Waals surface area contributed by atoms with Gasteiger partial charge < -0.3 is 33.5 Å². The SMILES string of the molecule is COc1cc(F)ccc1-n1ncc2c(N3C[C@@H]4C[C@H]3C(=O)N(C)CC(OC)Cn3c(C)nc5cc(F)cc(c53)-c3cccc(n3)O4)nc(C(=O)N(C)C)nc21. The number of aromatic nitrogens is 7. The summed E-state index contributed by atoms with van der Waals surface area (Å²) in [5.41, 5.74) is 2.82. The van der Waals surface area contributed by atoms with Gasteiger partial charge in [0.25, 0.3) is 5.91 Å². The summed E-state index contributed by atoms with van der Waals surface area (Å²) >= 11 is 0. The first-order chi connectivity index (χ1) is 26.4. The fourth-order valence-corrected chi connectivity index (χ4v) is 7.39. The van der Waals surface area contributed by atoms with Gasteiger partial charge >= 0.3 is 0 Å². The molecule has 15 nitrogen and oxygen atoms in total. The second-order valence-corrected chi connectivity index (χ2v) is 13.9. The van der Waals surface area contributed by atoms with Gasteiger partial charge in [0.05, 0.1) is 54.6 Å². The van der Waals surface area contributed by atoms with Gasteiger partial charge in [-0.25, -0.2) is 33.4 Å². The van der Waals surface area contributed by atoms with Crippen molar-refractivity contribution in [2.75, 3.05) is 53.4 Å². The molecule has 0 spiro atoms. The number of fused-ring (bicyclic) bond motifs is 6. The molecule has 1 unspecified atom stereocenters. The van der Waals surface area contributed by atoms with E-state index in [9.17, 15) is 14.0 Å². The predicted octanol–water partition coefficient (Wildman–Crippen LogP) is 4.04. The molecule has 3 atom stereocenters. The van der Waals surface area contributed by atoms with Gasteiger partial charge in [0.1, 0.15) is 46.9 Å². The van der Waals surface area contributed by atoms with Crippen LogP contribution in [0.1, 0.15) is 22.9 Å². The third kappa shape index (κ3) is 6.33. The number of pyridine rings is 1. The maximum atomic E-state index is 15.0. The number of anilines is 1. The number of hydrogen-bond acceptors (Lipinski definition) is 11. The average molecular weight is 753 g/mol. The summed E-state index contributed by atoms with van der Waals surface area (Å²) in [6.45, 7) is 2.54. The molecule has 6 heterocycles. The van der Waals surface area contributed by atoms with Crippen LogP contribution in [0.15, 0.2) is 54.7 Å². The maximum absolute atomic E-state index is 15.0. The molecule has 2 aliphatic heterocycles. The number of benzene rings is 2. The summed E-state index contributed by atoms with van der Waals surface area (Å²) < 4.78 is 50.6. The number of carbonyl (C=O) groups is 2. The third-order valence-corrected chi connectivity index (χ3v) is 10.1. The molecule has 2 aliphatic rings. The van der Waals surface area contributed by atoms with Crippen molar-refractivity contribution in [3.05, 3.63) is 78.0 Å². The maximum Gasteiger partial charge on any atom is 0.291 e. The Bertz CT molecular complexity index is 2490. The Kier molecular flexibility index (Phi) is 9.03. The number of imidazole rings is 1. The molecular weight excluding hydrogens is 714 g/mol. The Balaban J connectivity index is 1.27. The summed E-state index contributed by atoms with van der Waals surface area (Å²) in [5, 5.41) is 5.01. The number of likely N-dealkylation sites (N-methyl/N-ethyl adjacent to an activating group) is 1. The molecule has 1 saturated heterocycles. The number of aryl methyl sites for hydroxylation is 1. The van der Waals surface area contributed by atoms with Crippen molar-refractivity contribution >= 4 is 39.7 Å². The zero-order valence-corrected chi connectivity index (χ0v) is 31.0. The predicted molar refractivity (Wildman–Crippen MR) is 197 cm³/mol. The molecular formula is C38H38F2N10O5. The number of carbonyl (C=O) groups excluding carboxylic acids is 2. The van der Waals surface area contributed by atoms with E-state index in [-0.39, 0.29) is 54.3 Å². The summed E-state index contributed by atoms with van der Waals surface area (Å²) in [6, 6.07) is 11.3. The van der Waals surface area contributed by atoms with Crippen LogP contribution < -0.4 is 14.4 Å². The van der Waals surface area contributed by atoms with Crippen molar-refractivity contribution in [2.24, 2.45) is 0 Å². The normalized spacial score (nSPS) is 18.7. The zero-order valence-electron chi connectivity index (χ0n) is 31.0. The highest BCUT2D eigenvalue weighted by atomic mass is 19.1. The van der Waals surface area contributed by atoms with Crippen molar-refractivity contribution in [1.29, 1.82) is 0 Å². The standard InChI is InChI=1S/C38H38F2N10O5/c1-20-42-28-13-22(40)12-25-27-8-7-9-32(43-27)55-23-15-30(37(51)47(4)17-24(53-5)19-48(20)33(25)28)49(18-23)35-26-16-41-50(29-11-10-21(39)14-31(29)54-6)36(26)45-34(44-35)38(52)46(2)3/h7-14,16,23-24,30H,15,17-19H2,1-6H3/t23-,24?,30-/m0/s1. The Hall–Kier alpha value is -6.23. The molecule has 17 heteroatoms. The molecule has 4 bridgehead atoms. The van der Waals surface area contributed by atoms with Crippen molar-refractivity contribution in [3.63, 3.8) is 0 Å². The Morgan fingerprint density at radius 2 is 1.80 bits per heavy atom. The second-order valence-electron chi connectivity index (χ2n) is 13.9. The fraction of sp³-hybridized carbons (Fsp3) is 0.342. The highest BCUT2D eigenvalue weighted by Gasteiger charge is 2.42. The lowest BCUT2D eigenvalue weighted by molar-refractivity contribution is -0.133. The van der Waals surface area contributed by atoms with Crippen LogP contribution in [0.5, 0.6) is 11.6 Å². The van der Waals surface area contributed by atoms with Crippen molar-refractivity contribution in [2.45, 2.75) is 38.1 Å². The van der Waals surface area contributed by atoms with E-state index in [2.05, 4.69) is 15.1 Å². The van der Waals surface area contributed by atoms with E-state index >= 15 is 4.39 Å². The molecule has 8 rings (SSSR count). The molecule has 4 aromatic heterocycles. The van der Waals surface area contributed by atoms with Crippen LogP contribution in [0, 0.1) is 18.6 Å². The molecule has 55 heavy (non-hydrogen) atoms. The molecule has 0 aliphatic carbocycles. The van der Waals surface area contributed by atoms with E-state index in [4.69, 9.17) is 24.2 Å². The fourth-order valence-electron chi connectivity index (χ4n) is 7.39. The number of amides is 2. The van der Waals surface area contributed by atoms with E-state index in [0.717, 1.165) is 0 Å². The number of methoxy groups -OCH3 is 2. The topological polar surface area (TPSA) is 146 Å². The van der Waals surface area contributed by atoms with E-state index < -0.39 is 35.8 Å². The second kappa shape index (κ2) is 13.9. The minimum Gasteiger partial charge on any atom is -0.494 e. The highest BCUT2D eigenvalue weighted by Crippen LogP contribution is 2.36. The smallest absolute Gasteiger partial charge is 0.291 e. The first-order valence-corrected chi connectivity index (χ1v) is 17.6. The number of halogens is 2. The third-order valence-electron chi connectivity index (χ3n) is 10.1. The van der Waals surface area contributed by atoms with Crippen LogP contribution in [-0.4, -0.2) is 123 Å². The lowest BCUT2D eigenvalue weighted by Crippen LogP contribution is -2.47. The lowest BCUT2D eigenvalue weighted by Gasteiger charge is -2.31. The van der Waals surface area contributed by atoms with Crippen molar-refractivity contribution in [3.8, 4) is 28.6 Å². The highest BCUT2D eigenvalue weighted by molar-refractivity contribution is 5.97. The minimum absolute atomic E-state index is 0.136. The quantitative estimate of drug-likeness (QED) is 0.252. The van der Waals surface area contributed by atoms with Gasteiger partial charge in [0.15, 0.2) is 5.65 Å². The molecule has 2 amide bonds. The van der Waals surface area contributed by atoms with Crippen LogP contribution in [0.25, 0.3) is 39.0 Å². The number of rotatable bonds is 5. The molecule has 2 aromatic carbocycles. The number of ether oxygens (including phenoxy) is 3. The van der Waals surface area contributed by atoms with Crippen LogP contribution in [0.2, 0.25) is 0 Å². The zero-order chi connectivity index (χ0) is 38.7. The first-order valence-electron chi connectivity index (χ1n) is 17.6. The van der Waals surface area contributed by atoms with Gasteiger partial charge in [-0.3, -0.25) is 9.59 Å². The van der Waals surface area contributed by atoms with Crippen LogP contribution in [-0.2, 0) is 16.1 Å². The largest absolute Gasteiger partial charge is 0.494 e. The number of nitrogens with zero attached hydrogens (tertiary/aromatic N) is 10. The van der Waals surface area contributed by atoms with E-state index in [1.165, 1.54) is 47.0 Å². The van der Waals surface area contributed by atoms with Gasteiger partial charge in [-0.05, 0) is 31.2 Å². The van der Waals surface area contributed by atoms with Crippen LogP contribution >= 0.6 is 0 Å². The average Bonchev–Trinajstić information content (AvgIpc) is 3.87. The lowest BCUT2D eigenvalue weighted by atomic mass is 10.1. The van der Waals surface area contributed by atoms with Gasteiger partial charge in [-0.15, -0.1) is 0 Å². The summed E-state index contributed by atoms with van der Waals surface area (Å²) in [7, 11) is 7.87. The van der Waals surface area contributed by atoms with Crippen molar-refractivity contribution < 1.29 is 32.6 Å². The van der Waals surface area contributed by atoms with Gasteiger partial charge in [-0.2, -0.15) is 5.10 Å². The monoisotopic (exact) mass is 752 g/mol. The molecule has 0 saturated carbocycles. The van der Waals surface area contributed by atoms with E-state index in [1.807, 2.05) is 11.5 Å². The van der Waals surface area contributed by atoms with Crippen LogP contribution in [0.3, 0.4) is 0 Å². The first kappa shape index (κ1) is 35.8. The minimum atomic E-state index is -0.807. The molecule has 284 valence electrons. The van der Waals surface area contributed by atoms with Gasteiger partial charge in [0, 0.05) is 65.0 Å². The van der Waals surface area contributed by atoms with Crippen molar-refractivity contribution in [1.82, 2.24) is 44.1 Å². The molecule has 1 fully saturated rings. The Morgan fingerprint density at radius 1 is 0.982 bits per heavy atom. The van der Waals surface area contributed by atoms with Gasteiger partial charge in [-0.1, -0.05) is 6.07 Å². The summed E-state index contributed by atoms with van der Waals surface area (Å²) in [4.78, 5) is 51.7. The molecule has 0 N–H and O–H groups in total. The Morgan fingerprint density at radius 3 is 2.56 bits per heavy atom. The van der Waals surface area contributed by atoms with E-state index in [1.54, 1.807) is 62.4 Å². The van der Waals surface area contributed by atoms with Gasteiger partial charge in [0.2, 0.25) is 17.6 Å². The molecule has 0 radical (unpaired) electrons. The Labute approximate surface area is 314 Å². The van der Waals surface area contributed by atoms with Crippen LogP contribution in [0.4, 0.5) is 14.6 Å².